The molecule has 11 nitrogen and oxygen atoms in total. The molecule has 0 spiro atoms. The third-order valence-corrected chi connectivity index (χ3v) is 11.1. The monoisotopic (exact) mass is 681 g/mol. The van der Waals surface area contributed by atoms with Crippen LogP contribution in [0.5, 0.6) is 0 Å². The van der Waals surface area contributed by atoms with E-state index in [1.165, 1.54) is 42.3 Å². The highest BCUT2D eigenvalue weighted by Gasteiger charge is 2.55. The molecule has 4 heterocycles. The van der Waals surface area contributed by atoms with Gasteiger partial charge in [-0.05, 0) is 65.8 Å². The molecule has 15 heteroatoms. The van der Waals surface area contributed by atoms with E-state index >= 15 is 0 Å². The van der Waals surface area contributed by atoms with Crippen LogP contribution in [0.15, 0.2) is 76.0 Å². The first-order chi connectivity index (χ1) is 22.8. The van der Waals surface area contributed by atoms with Crippen molar-refractivity contribution in [3.05, 3.63) is 83.7 Å². The Morgan fingerprint density at radius 2 is 1.67 bits per heavy atom. The Morgan fingerprint density at radius 3 is 2.31 bits per heavy atom. The Hall–Kier alpha value is -4.76. The van der Waals surface area contributed by atoms with Crippen LogP contribution in [0.1, 0.15) is 29.9 Å². The number of rotatable bonds is 5. The summed E-state index contributed by atoms with van der Waals surface area (Å²) in [4.78, 5) is 28.6. The average molecular weight is 682 g/mol. The third-order valence-electron chi connectivity index (χ3n) is 9.30. The van der Waals surface area contributed by atoms with Crippen molar-refractivity contribution in [3.63, 3.8) is 0 Å². The number of hydrogen-bond acceptors (Lipinski definition) is 9. The van der Waals surface area contributed by atoms with Crippen molar-refractivity contribution in [1.29, 1.82) is 0 Å². The van der Waals surface area contributed by atoms with Gasteiger partial charge in [-0.25, -0.2) is 13.2 Å². The zero-order chi connectivity index (χ0) is 34.0. The fourth-order valence-electron chi connectivity index (χ4n) is 6.95. The van der Waals surface area contributed by atoms with Gasteiger partial charge in [0.15, 0.2) is 9.84 Å². The lowest BCUT2D eigenvalue weighted by molar-refractivity contribution is -0.137. The van der Waals surface area contributed by atoms with Gasteiger partial charge in [-0.3, -0.25) is 4.79 Å². The molecule has 4 aromatic rings. The number of nitrogens with zero attached hydrogens (tertiary/aromatic N) is 4. The van der Waals surface area contributed by atoms with Gasteiger partial charge < -0.3 is 24.7 Å². The number of piperidine rings is 2. The molecule has 0 radical (unpaired) electrons. The van der Waals surface area contributed by atoms with E-state index in [0.717, 1.165) is 25.0 Å². The van der Waals surface area contributed by atoms with Crippen molar-refractivity contribution >= 4 is 27.5 Å². The van der Waals surface area contributed by atoms with Gasteiger partial charge in [0.1, 0.15) is 0 Å². The lowest BCUT2D eigenvalue weighted by atomic mass is 9.58. The van der Waals surface area contributed by atoms with Crippen LogP contribution in [-0.4, -0.2) is 67.5 Å². The number of ether oxygens (including phenoxy) is 1. The number of methoxy groups -OCH3 is 1. The van der Waals surface area contributed by atoms with Gasteiger partial charge in [0.05, 0.1) is 47.0 Å². The standard InChI is InChI=1S/C33H30F3N5O6S/c1-46-31(43)40-15-20-13-32(14-20,18-40)30-39-38-28(47-30)23-8-11-27-26(12-23)41(29(42)25(37)17-48(27,44)45)16-19-2-4-21(5-3-19)22-6-9-24(10-7-22)33(34,35)36/h2-12,20,25H,13-18,37H2,1H3/t20?,25-,32?/m0/s1. The summed E-state index contributed by atoms with van der Waals surface area (Å²) in [6.07, 6.45) is -3.31. The summed E-state index contributed by atoms with van der Waals surface area (Å²) in [6, 6.07) is 14.8. The van der Waals surface area contributed by atoms with E-state index in [-0.39, 0.29) is 23.0 Å². The van der Waals surface area contributed by atoms with E-state index in [2.05, 4.69) is 10.2 Å². The maximum Gasteiger partial charge on any atom is 0.416 e. The molecule has 48 heavy (non-hydrogen) atoms. The van der Waals surface area contributed by atoms with Crippen LogP contribution in [0.4, 0.5) is 23.7 Å². The fourth-order valence-corrected chi connectivity index (χ4v) is 8.51. The molecule has 3 aliphatic heterocycles. The molecule has 2 saturated heterocycles. The third kappa shape index (κ3) is 5.60. The highest BCUT2D eigenvalue weighted by atomic mass is 32.2. The summed E-state index contributed by atoms with van der Waals surface area (Å²) in [6.45, 7) is 0.936. The summed E-state index contributed by atoms with van der Waals surface area (Å²) in [5.74, 6) is -0.393. The number of benzene rings is 3. The summed E-state index contributed by atoms with van der Waals surface area (Å²) in [5.41, 5.74) is 7.20. The number of alkyl halides is 3. The van der Waals surface area contributed by atoms with E-state index in [9.17, 15) is 31.2 Å². The summed E-state index contributed by atoms with van der Waals surface area (Å²) in [5, 5.41) is 8.54. The lowest BCUT2D eigenvalue weighted by Gasteiger charge is -2.53. The minimum atomic E-state index is -4.44. The maximum atomic E-state index is 13.6. The molecule has 2 amide bonds. The van der Waals surface area contributed by atoms with E-state index in [1.54, 1.807) is 29.2 Å². The summed E-state index contributed by atoms with van der Waals surface area (Å²) in [7, 11) is -2.63. The van der Waals surface area contributed by atoms with Crippen LogP contribution in [-0.2, 0) is 37.5 Å². The number of amides is 2. The van der Waals surface area contributed by atoms with Gasteiger partial charge in [0.25, 0.3) is 0 Å². The molecule has 8 rings (SSSR count). The molecule has 1 saturated carbocycles. The minimum Gasteiger partial charge on any atom is -0.453 e. The second kappa shape index (κ2) is 11.4. The smallest absolute Gasteiger partial charge is 0.416 e. The molecule has 3 aromatic carbocycles. The number of aromatic nitrogens is 2. The normalized spacial score (nSPS) is 23.2. The van der Waals surface area contributed by atoms with Gasteiger partial charge in [-0.15, -0.1) is 10.2 Å². The first-order valence-electron chi connectivity index (χ1n) is 15.1. The second-order valence-corrected chi connectivity index (χ2v) is 14.6. The van der Waals surface area contributed by atoms with Crippen LogP contribution < -0.4 is 10.6 Å². The van der Waals surface area contributed by atoms with Gasteiger partial charge in [-0.1, -0.05) is 36.4 Å². The number of sulfone groups is 1. The second-order valence-electron chi connectivity index (χ2n) is 12.6. The van der Waals surface area contributed by atoms with Crippen LogP contribution >= 0.6 is 0 Å². The van der Waals surface area contributed by atoms with Gasteiger partial charge in [-0.2, -0.15) is 13.2 Å². The predicted octanol–water partition coefficient (Wildman–Crippen LogP) is 4.80. The number of fused-ring (bicyclic) bond motifs is 3. The van der Waals surface area contributed by atoms with E-state index in [0.29, 0.717) is 47.2 Å². The maximum absolute atomic E-state index is 13.6. The topological polar surface area (TPSA) is 149 Å². The van der Waals surface area contributed by atoms with Crippen molar-refractivity contribution in [2.75, 3.05) is 30.9 Å². The number of carbonyl (C=O) groups excluding carboxylic acids is 2. The fraction of sp³-hybridized carbons (Fsp3) is 0.333. The van der Waals surface area contributed by atoms with Crippen LogP contribution in [0, 0.1) is 5.92 Å². The molecular weight excluding hydrogens is 651 g/mol. The Bertz CT molecular complexity index is 2010. The highest BCUT2D eigenvalue weighted by molar-refractivity contribution is 7.91. The largest absolute Gasteiger partial charge is 0.453 e. The summed E-state index contributed by atoms with van der Waals surface area (Å²) >= 11 is 0. The molecule has 4 aliphatic rings. The molecule has 1 aromatic heterocycles. The quantitative estimate of drug-likeness (QED) is 0.314. The molecule has 1 aliphatic carbocycles. The SMILES string of the molecule is COC(=O)N1CC2CC(c3nnc(-c4ccc5c(c4)N(Cc4ccc(-c6ccc(C(F)(F)F)cc6)cc4)C(=O)[C@@H](N)CS5(=O)=O)o3)(C2)C1. The Morgan fingerprint density at radius 1 is 1.02 bits per heavy atom. The van der Waals surface area contributed by atoms with Crippen LogP contribution in [0.2, 0.25) is 0 Å². The van der Waals surface area contributed by atoms with E-state index in [1.807, 2.05) is 0 Å². The van der Waals surface area contributed by atoms with Crippen molar-refractivity contribution in [2.24, 2.45) is 11.7 Å². The Labute approximate surface area is 273 Å². The number of anilines is 1. The lowest BCUT2D eigenvalue weighted by Crippen LogP contribution is -2.60. The minimum absolute atomic E-state index is 0.0330. The Kier molecular flexibility index (Phi) is 7.58. The van der Waals surface area contributed by atoms with E-state index < -0.39 is 50.8 Å². The van der Waals surface area contributed by atoms with Gasteiger partial charge in [0.2, 0.25) is 17.7 Å². The predicted molar refractivity (Wildman–Crippen MR) is 166 cm³/mol. The number of hydrogen-bond donors (Lipinski definition) is 1. The molecule has 250 valence electrons. The molecular formula is C33H30F3N5O6S. The zero-order valence-electron chi connectivity index (χ0n) is 25.6. The summed E-state index contributed by atoms with van der Waals surface area (Å²) < 4.78 is 76.7. The van der Waals surface area contributed by atoms with Gasteiger partial charge in [0, 0.05) is 18.7 Å². The van der Waals surface area contributed by atoms with Crippen molar-refractivity contribution in [2.45, 2.75) is 41.9 Å². The number of halogens is 3. The van der Waals surface area contributed by atoms with Crippen molar-refractivity contribution < 1.29 is 40.3 Å². The Balaban J connectivity index is 1.19. The molecule has 0 unspecified atom stereocenters. The number of carbonyl (C=O) groups is 2. The molecule has 2 bridgehead atoms. The van der Waals surface area contributed by atoms with Crippen LogP contribution in [0.3, 0.4) is 0 Å². The first-order valence-corrected chi connectivity index (χ1v) is 16.8. The first kappa shape index (κ1) is 31.8. The van der Waals surface area contributed by atoms with Crippen molar-refractivity contribution in [3.8, 4) is 22.6 Å². The zero-order valence-corrected chi connectivity index (χ0v) is 26.4. The van der Waals surface area contributed by atoms with Gasteiger partial charge >= 0.3 is 12.3 Å². The van der Waals surface area contributed by atoms with E-state index in [4.69, 9.17) is 14.9 Å². The molecule has 3 fully saturated rings. The molecule has 2 N–H and O–H groups in total. The van der Waals surface area contributed by atoms with Crippen molar-refractivity contribution in [1.82, 2.24) is 15.1 Å². The van der Waals surface area contributed by atoms with Crippen LogP contribution in [0.25, 0.3) is 22.6 Å². The highest BCUT2D eigenvalue weighted by Crippen LogP contribution is 2.52. The average Bonchev–Trinajstić information content (AvgIpc) is 3.55. The molecule has 1 atom stereocenters. The number of nitrogens with two attached hydrogens (primary N) is 1.